The van der Waals surface area contributed by atoms with Gasteiger partial charge in [0.2, 0.25) is 5.90 Å². The number of rotatable bonds is 3. The zero-order chi connectivity index (χ0) is 10.5. The van der Waals surface area contributed by atoms with E-state index in [-0.39, 0.29) is 0 Å². The Labute approximate surface area is 89.0 Å². The summed E-state index contributed by atoms with van der Waals surface area (Å²) in [6.07, 6.45) is 1.65. The van der Waals surface area contributed by atoms with Crippen molar-refractivity contribution in [2.24, 2.45) is 4.99 Å². The van der Waals surface area contributed by atoms with Gasteiger partial charge in [-0.3, -0.25) is 0 Å². The van der Waals surface area contributed by atoms with Crippen LogP contribution in [0.4, 0.5) is 0 Å². The van der Waals surface area contributed by atoms with Gasteiger partial charge in [0.15, 0.2) is 0 Å². The summed E-state index contributed by atoms with van der Waals surface area (Å²) in [5, 5.41) is 0. The molecule has 0 radical (unpaired) electrons. The van der Waals surface area contributed by atoms with Gasteiger partial charge in [-0.2, -0.15) is 0 Å². The van der Waals surface area contributed by atoms with Gasteiger partial charge in [-0.25, -0.2) is 4.99 Å². The summed E-state index contributed by atoms with van der Waals surface area (Å²) in [5.74, 6) is 0.668. The average molecular weight is 203 g/mol. The maximum absolute atomic E-state index is 5.45. The largest absolute Gasteiger partial charge is 0.499 e. The highest BCUT2D eigenvalue weighted by molar-refractivity contribution is 5.95. The molecular weight excluding hydrogens is 190 g/mol. The van der Waals surface area contributed by atoms with Gasteiger partial charge < -0.3 is 9.47 Å². The minimum atomic E-state index is 0.490. The molecule has 0 saturated carbocycles. The maximum atomic E-state index is 5.45. The van der Waals surface area contributed by atoms with Gasteiger partial charge in [-0.05, 0) is 19.1 Å². The first-order valence-corrected chi connectivity index (χ1v) is 4.97. The summed E-state index contributed by atoms with van der Waals surface area (Å²) < 4.78 is 10.6. The molecule has 78 valence electrons. The van der Waals surface area contributed by atoms with Crippen LogP contribution in [-0.4, -0.2) is 19.1 Å². The Balaban J connectivity index is 2.13. The highest BCUT2D eigenvalue weighted by Gasteiger charge is 2.13. The minimum absolute atomic E-state index is 0.490. The van der Waals surface area contributed by atoms with Crippen molar-refractivity contribution in [3.8, 4) is 0 Å². The van der Waals surface area contributed by atoms with Gasteiger partial charge in [-0.15, -0.1) is 0 Å². The van der Waals surface area contributed by atoms with Crippen LogP contribution in [0.3, 0.4) is 0 Å². The molecule has 0 unspecified atom stereocenters. The average Bonchev–Trinajstić information content (AvgIpc) is 2.76. The molecule has 1 aromatic rings. The molecule has 2 rings (SSSR count). The van der Waals surface area contributed by atoms with Gasteiger partial charge in [0.25, 0.3) is 0 Å². The second-order valence-corrected chi connectivity index (χ2v) is 3.14. The zero-order valence-corrected chi connectivity index (χ0v) is 8.64. The summed E-state index contributed by atoms with van der Waals surface area (Å²) in [5.41, 5.74) is 1.83. The molecule has 0 fully saturated rings. The predicted molar refractivity (Wildman–Crippen MR) is 58.6 cm³/mol. The molecule has 1 aromatic carbocycles. The fraction of sp³-hybridized carbons (Fsp3) is 0.250. The Bertz CT molecular complexity index is 382. The highest BCUT2D eigenvalue weighted by Crippen LogP contribution is 2.14. The Hall–Kier alpha value is -1.77. The number of aliphatic imine (C=N–C) groups is 1. The van der Waals surface area contributed by atoms with E-state index < -0.39 is 0 Å². The summed E-state index contributed by atoms with van der Waals surface area (Å²) in [4.78, 5) is 4.33. The van der Waals surface area contributed by atoms with Crippen molar-refractivity contribution < 1.29 is 9.47 Å². The van der Waals surface area contributed by atoms with Crippen LogP contribution in [0.5, 0.6) is 0 Å². The van der Waals surface area contributed by atoms with Crippen molar-refractivity contribution >= 4 is 5.90 Å². The molecule has 15 heavy (non-hydrogen) atoms. The Morgan fingerprint density at radius 2 is 2.20 bits per heavy atom. The van der Waals surface area contributed by atoms with Crippen LogP contribution < -0.4 is 0 Å². The molecular formula is C12H13NO2. The van der Waals surface area contributed by atoms with E-state index in [0.29, 0.717) is 19.1 Å². The van der Waals surface area contributed by atoms with Crippen molar-refractivity contribution in [1.29, 1.82) is 0 Å². The van der Waals surface area contributed by atoms with Crippen molar-refractivity contribution in [3.05, 3.63) is 47.9 Å². The Morgan fingerprint density at radius 3 is 2.93 bits per heavy atom. The highest BCUT2D eigenvalue weighted by atomic mass is 16.5. The van der Waals surface area contributed by atoms with Crippen molar-refractivity contribution in [1.82, 2.24) is 0 Å². The minimum Gasteiger partial charge on any atom is -0.499 e. The van der Waals surface area contributed by atoms with Gasteiger partial charge >= 0.3 is 0 Å². The predicted octanol–water partition coefficient (Wildman–Crippen LogP) is 2.34. The van der Waals surface area contributed by atoms with E-state index in [9.17, 15) is 0 Å². The SMILES string of the molecule is CCO/C=C1/COC(c2ccccc2)=N1. The zero-order valence-electron chi connectivity index (χ0n) is 8.64. The fourth-order valence-corrected chi connectivity index (χ4v) is 1.31. The molecule has 0 bridgehead atoms. The van der Waals surface area contributed by atoms with E-state index in [1.165, 1.54) is 0 Å². The Kier molecular flexibility index (Phi) is 3.02. The van der Waals surface area contributed by atoms with E-state index in [2.05, 4.69) is 4.99 Å². The number of nitrogens with zero attached hydrogens (tertiary/aromatic N) is 1. The lowest BCUT2D eigenvalue weighted by molar-refractivity contribution is 0.261. The lowest BCUT2D eigenvalue weighted by Gasteiger charge is -1.98. The third kappa shape index (κ3) is 2.37. The second kappa shape index (κ2) is 4.64. The third-order valence-electron chi connectivity index (χ3n) is 2.01. The van der Waals surface area contributed by atoms with Crippen LogP contribution in [0, 0.1) is 0 Å². The van der Waals surface area contributed by atoms with E-state index in [1.54, 1.807) is 6.26 Å². The Morgan fingerprint density at radius 1 is 1.40 bits per heavy atom. The summed E-state index contributed by atoms with van der Waals surface area (Å²) in [7, 11) is 0. The normalized spacial score (nSPS) is 17.4. The van der Waals surface area contributed by atoms with E-state index in [1.807, 2.05) is 37.3 Å². The van der Waals surface area contributed by atoms with Crippen LogP contribution >= 0.6 is 0 Å². The summed E-state index contributed by atoms with van der Waals surface area (Å²) >= 11 is 0. The quantitative estimate of drug-likeness (QED) is 0.706. The molecule has 1 aliphatic heterocycles. The molecule has 0 aromatic heterocycles. The van der Waals surface area contributed by atoms with Gasteiger partial charge in [-0.1, -0.05) is 18.2 Å². The number of hydrogen-bond acceptors (Lipinski definition) is 3. The summed E-state index contributed by atoms with van der Waals surface area (Å²) in [6, 6.07) is 9.85. The molecule has 0 saturated heterocycles. The number of ether oxygens (including phenoxy) is 2. The van der Waals surface area contributed by atoms with Crippen LogP contribution in [0.2, 0.25) is 0 Å². The molecule has 3 heteroatoms. The molecule has 0 spiro atoms. The topological polar surface area (TPSA) is 30.8 Å². The molecule has 3 nitrogen and oxygen atoms in total. The third-order valence-corrected chi connectivity index (χ3v) is 2.01. The van der Waals surface area contributed by atoms with Crippen LogP contribution in [0.1, 0.15) is 12.5 Å². The molecule has 0 aliphatic carbocycles. The lowest BCUT2D eigenvalue weighted by atomic mass is 10.2. The molecule has 0 N–H and O–H groups in total. The standard InChI is InChI=1S/C12H13NO2/c1-2-14-8-11-9-15-12(13-11)10-6-4-3-5-7-10/h3-8H,2,9H2,1H3/b11-8-. The van der Waals surface area contributed by atoms with Crippen molar-refractivity contribution in [2.45, 2.75) is 6.92 Å². The monoisotopic (exact) mass is 203 g/mol. The van der Waals surface area contributed by atoms with Gasteiger partial charge in [0, 0.05) is 5.56 Å². The molecule has 1 aliphatic rings. The smallest absolute Gasteiger partial charge is 0.221 e. The first kappa shape index (κ1) is 9.77. The first-order chi connectivity index (χ1) is 7.40. The van der Waals surface area contributed by atoms with E-state index in [0.717, 1.165) is 11.3 Å². The lowest BCUT2D eigenvalue weighted by Crippen LogP contribution is -1.99. The van der Waals surface area contributed by atoms with Crippen LogP contribution in [0.15, 0.2) is 47.3 Å². The van der Waals surface area contributed by atoms with E-state index >= 15 is 0 Å². The molecule has 1 heterocycles. The summed E-state index contributed by atoms with van der Waals surface area (Å²) in [6.45, 7) is 3.08. The molecule has 0 amide bonds. The van der Waals surface area contributed by atoms with Gasteiger partial charge in [0.1, 0.15) is 18.6 Å². The van der Waals surface area contributed by atoms with Crippen molar-refractivity contribution in [3.63, 3.8) is 0 Å². The molecule has 0 atom stereocenters. The second-order valence-electron chi connectivity index (χ2n) is 3.14. The maximum Gasteiger partial charge on any atom is 0.221 e. The number of hydrogen-bond donors (Lipinski definition) is 0. The van der Waals surface area contributed by atoms with Gasteiger partial charge in [0.05, 0.1) is 6.61 Å². The van der Waals surface area contributed by atoms with Crippen LogP contribution in [0.25, 0.3) is 0 Å². The van der Waals surface area contributed by atoms with Crippen LogP contribution in [-0.2, 0) is 9.47 Å². The number of benzene rings is 1. The first-order valence-electron chi connectivity index (χ1n) is 4.97. The van der Waals surface area contributed by atoms with E-state index in [4.69, 9.17) is 9.47 Å². The van der Waals surface area contributed by atoms with Crippen molar-refractivity contribution in [2.75, 3.05) is 13.2 Å². The fourth-order valence-electron chi connectivity index (χ4n) is 1.31.